The van der Waals surface area contributed by atoms with Gasteiger partial charge in [0.05, 0.1) is 12.2 Å². The fourth-order valence-electron chi connectivity index (χ4n) is 2.50. The van der Waals surface area contributed by atoms with Crippen molar-refractivity contribution in [3.8, 4) is 0 Å². The van der Waals surface area contributed by atoms with Crippen molar-refractivity contribution < 1.29 is 0 Å². The van der Waals surface area contributed by atoms with Gasteiger partial charge in [-0.05, 0) is 13.3 Å². The highest BCUT2D eigenvalue weighted by Crippen LogP contribution is 2.10. The molecule has 1 aromatic heterocycles. The molecule has 0 saturated carbocycles. The van der Waals surface area contributed by atoms with Crippen LogP contribution in [-0.4, -0.2) is 63.6 Å². The molecule has 1 aliphatic heterocycles. The van der Waals surface area contributed by atoms with E-state index in [0.717, 1.165) is 45.0 Å². The number of nitrogens with zero attached hydrogens (tertiary/aromatic N) is 5. The number of piperazine rings is 1. The van der Waals surface area contributed by atoms with Gasteiger partial charge in [-0.15, -0.1) is 5.10 Å². The lowest BCUT2D eigenvalue weighted by Crippen LogP contribution is -2.49. The van der Waals surface area contributed by atoms with Gasteiger partial charge in [0.1, 0.15) is 0 Å². The Morgan fingerprint density at radius 3 is 2.68 bits per heavy atom. The zero-order chi connectivity index (χ0) is 13.7. The van der Waals surface area contributed by atoms with E-state index in [-0.39, 0.29) is 0 Å². The summed E-state index contributed by atoms with van der Waals surface area (Å²) in [4.78, 5) is 5.03. The molecule has 2 heterocycles. The van der Waals surface area contributed by atoms with E-state index in [1.165, 1.54) is 6.42 Å². The molecule has 0 radical (unpaired) electrons. The smallest absolute Gasteiger partial charge is 0.0967 e. The minimum absolute atomic E-state index is 0.608. The standard InChI is InChI=1S/C13H26N6/c1-3-12(2)18-8-6-17(7-9-18)10-13-11-19(5-4-14)16-15-13/h11-12H,3-10,14H2,1-2H3. The molecule has 2 rings (SSSR count). The Labute approximate surface area is 115 Å². The topological polar surface area (TPSA) is 63.2 Å². The fraction of sp³-hybridized carbons (Fsp3) is 0.846. The average Bonchev–Trinajstić information content (AvgIpc) is 2.86. The van der Waals surface area contributed by atoms with E-state index >= 15 is 0 Å². The van der Waals surface area contributed by atoms with Gasteiger partial charge in [-0.25, -0.2) is 0 Å². The van der Waals surface area contributed by atoms with Crippen molar-refractivity contribution in [3.05, 3.63) is 11.9 Å². The zero-order valence-electron chi connectivity index (χ0n) is 12.1. The molecule has 2 N–H and O–H groups in total. The maximum atomic E-state index is 5.51. The molecule has 0 aliphatic carbocycles. The lowest BCUT2D eigenvalue weighted by atomic mass is 10.2. The molecule has 1 aliphatic rings. The number of rotatable bonds is 6. The maximum Gasteiger partial charge on any atom is 0.0967 e. The molecular formula is C13H26N6. The first-order valence-corrected chi connectivity index (χ1v) is 7.28. The molecule has 0 spiro atoms. The lowest BCUT2D eigenvalue weighted by molar-refractivity contribution is 0.0956. The van der Waals surface area contributed by atoms with Gasteiger partial charge in [-0.1, -0.05) is 12.1 Å². The largest absolute Gasteiger partial charge is 0.329 e. The van der Waals surface area contributed by atoms with Crippen LogP contribution in [0, 0.1) is 0 Å². The SMILES string of the molecule is CCC(C)N1CCN(Cc2cn(CCN)nn2)CC1. The highest BCUT2D eigenvalue weighted by atomic mass is 15.4. The molecule has 6 nitrogen and oxygen atoms in total. The van der Waals surface area contributed by atoms with Crippen molar-refractivity contribution in [2.75, 3.05) is 32.7 Å². The molecule has 0 amide bonds. The van der Waals surface area contributed by atoms with Gasteiger partial charge in [0.15, 0.2) is 0 Å². The van der Waals surface area contributed by atoms with E-state index in [9.17, 15) is 0 Å². The van der Waals surface area contributed by atoms with Gasteiger partial charge in [0.2, 0.25) is 0 Å². The van der Waals surface area contributed by atoms with E-state index < -0.39 is 0 Å². The minimum atomic E-state index is 0.608. The van der Waals surface area contributed by atoms with E-state index in [1.807, 2.05) is 10.9 Å². The average molecular weight is 266 g/mol. The van der Waals surface area contributed by atoms with Crippen molar-refractivity contribution in [3.63, 3.8) is 0 Å². The predicted octanol–water partition coefficient (Wildman–Crippen LogP) is 0.153. The molecular weight excluding hydrogens is 240 g/mol. The monoisotopic (exact) mass is 266 g/mol. The first-order chi connectivity index (χ1) is 9.22. The summed E-state index contributed by atoms with van der Waals surface area (Å²) in [5.41, 5.74) is 6.55. The number of hydrogen-bond acceptors (Lipinski definition) is 5. The first kappa shape index (κ1) is 14.4. The summed E-state index contributed by atoms with van der Waals surface area (Å²) >= 11 is 0. The molecule has 6 heteroatoms. The molecule has 1 saturated heterocycles. The van der Waals surface area contributed by atoms with Crippen molar-refractivity contribution in [1.82, 2.24) is 24.8 Å². The highest BCUT2D eigenvalue weighted by molar-refractivity contribution is 4.93. The van der Waals surface area contributed by atoms with Crippen LogP contribution >= 0.6 is 0 Å². The van der Waals surface area contributed by atoms with Gasteiger partial charge in [-0.2, -0.15) is 0 Å². The summed E-state index contributed by atoms with van der Waals surface area (Å²) < 4.78 is 1.82. The third-order valence-corrected chi connectivity index (χ3v) is 3.95. The third-order valence-electron chi connectivity index (χ3n) is 3.95. The summed E-state index contributed by atoms with van der Waals surface area (Å²) in [7, 11) is 0. The van der Waals surface area contributed by atoms with Crippen molar-refractivity contribution >= 4 is 0 Å². The number of hydrogen-bond donors (Lipinski definition) is 1. The molecule has 19 heavy (non-hydrogen) atoms. The van der Waals surface area contributed by atoms with Gasteiger partial charge < -0.3 is 5.73 Å². The second kappa shape index (κ2) is 6.98. The Kier molecular flexibility index (Phi) is 5.30. The van der Waals surface area contributed by atoms with E-state index in [0.29, 0.717) is 12.6 Å². The van der Waals surface area contributed by atoms with Crippen LogP contribution in [0.25, 0.3) is 0 Å². The maximum absolute atomic E-state index is 5.51. The fourth-order valence-corrected chi connectivity index (χ4v) is 2.50. The van der Waals surface area contributed by atoms with Gasteiger partial charge >= 0.3 is 0 Å². The van der Waals surface area contributed by atoms with Crippen LogP contribution < -0.4 is 5.73 Å². The molecule has 1 atom stereocenters. The number of aromatic nitrogens is 3. The van der Waals surface area contributed by atoms with E-state index in [4.69, 9.17) is 5.73 Å². The quantitative estimate of drug-likeness (QED) is 0.794. The second-order valence-corrected chi connectivity index (χ2v) is 5.33. The molecule has 0 aromatic carbocycles. The predicted molar refractivity (Wildman–Crippen MR) is 75.7 cm³/mol. The Morgan fingerprint density at radius 2 is 2.05 bits per heavy atom. The summed E-state index contributed by atoms with van der Waals surface area (Å²) in [6.45, 7) is 11.4. The van der Waals surface area contributed by atoms with Crippen LogP contribution in [-0.2, 0) is 13.1 Å². The van der Waals surface area contributed by atoms with Crippen LogP contribution in [0.2, 0.25) is 0 Å². The van der Waals surface area contributed by atoms with Crippen LogP contribution in [0.15, 0.2) is 6.20 Å². The van der Waals surface area contributed by atoms with Crippen LogP contribution in [0.4, 0.5) is 0 Å². The summed E-state index contributed by atoms with van der Waals surface area (Å²) in [6, 6.07) is 0.701. The van der Waals surface area contributed by atoms with Gasteiger partial charge in [-0.3, -0.25) is 14.5 Å². The summed E-state index contributed by atoms with van der Waals surface area (Å²) in [5.74, 6) is 0. The van der Waals surface area contributed by atoms with E-state index in [2.05, 4.69) is 34.0 Å². The second-order valence-electron chi connectivity index (χ2n) is 5.33. The van der Waals surface area contributed by atoms with E-state index in [1.54, 1.807) is 0 Å². The lowest BCUT2D eigenvalue weighted by Gasteiger charge is -2.37. The van der Waals surface area contributed by atoms with Crippen molar-refractivity contribution in [1.29, 1.82) is 0 Å². The molecule has 108 valence electrons. The zero-order valence-corrected chi connectivity index (χ0v) is 12.1. The Morgan fingerprint density at radius 1 is 1.32 bits per heavy atom. The van der Waals surface area contributed by atoms with Gasteiger partial charge in [0.25, 0.3) is 0 Å². The van der Waals surface area contributed by atoms with Crippen LogP contribution in [0.1, 0.15) is 26.0 Å². The van der Waals surface area contributed by atoms with Crippen LogP contribution in [0.3, 0.4) is 0 Å². The van der Waals surface area contributed by atoms with Crippen LogP contribution in [0.5, 0.6) is 0 Å². The molecule has 1 aromatic rings. The first-order valence-electron chi connectivity index (χ1n) is 7.28. The molecule has 1 unspecified atom stereocenters. The minimum Gasteiger partial charge on any atom is -0.329 e. The van der Waals surface area contributed by atoms with Gasteiger partial charge in [0, 0.05) is 51.5 Å². The Balaban J connectivity index is 1.78. The van der Waals surface area contributed by atoms with Crippen molar-refractivity contribution in [2.24, 2.45) is 5.73 Å². The highest BCUT2D eigenvalue weighted by Gasteiger charge is 2.20. The third kappa shape index (κ3) is 3.99. The number of nitrogens with two attached hydrogens (primary N) is 1. The Bertz CT molecular complexity index is 369. The molecule has 0 bridgehead atoms. The van der Waals surface area contributed by atoms with Crippen molar-refractivity contribution in [2.45, 2.75) is 39.4 Å². The summed E-state index contributed by atoms with van der Waals surface area (Å²) in [6.07, 6.45) is 3.24. The molecule has 1 fully saturated rings. The Hall–Kier alpha value is -0.980. The summed E-state index contributed by atoms with van der Waals surface area (Å²) in [5, 5.41) is 8.28. The normalized spacial score (nSPS) is 19.7.